The monoisotopic (exact) mass is 457 g/mol. The van der Waals surface area contributed by atoms with E-state index < -0.39 is 0 Å². The van der Waals surface area contributed by atoms with E-state index in [0.29, 0.717) is 46.6 Å². The third-order valence-electron chi connectivity index (χ3n) is 5.46. The van der Waals surface area contributed by atoms with Gasteiger partial charge in [-0.05, 0) is 56.2 Å². The highest BCUT2D eigenvalue weighted by atomic mass is 16.5. The second-order valence-electron chi connectivity index (χ2n) is 8.00. The summed E-state index contributed by atoms with van der Waals surface area (Å²) >= 11 is 0. The maximum Gasteiger partial charge on any atom is 0.221 e. The van der Waals surface area contributed by atoms with E-state index in [-0.39, 0.29) is 11.7 Å². The first-order valence-corrected chi connectivity index (χ1v) is 10.8. The minimum atomic E-state index is -0.0131. The van der Waals surface area contributed by atoms with Gasteiger partial charge in [0.1, 0.15) is 23.8 Å². The summed E-state index contributed by atoms with van der Waals surface area (Å²) in [5.41, 5.74) is 10.7. The number of methoxy groups -OCH3 is 1. The lowest BCUT2D eigenvalue weighted by molar-refractivity contribution is 0.303. The Hall–Kier alpha value is -4.26. The molecule has 174 valence electrons. The molecule has 3 N–H and O–H groups in total. The topological polar surface area (TPSA) is 99.7 Å². The predicted octanol–water partition coefficient (Wildman–Crippen LogP) is 5.74. The van der Waals surface area contributed by atoms with Gasteiger partial charge in [-0.2, -0.15) is 0 Å². The fourth-order valence-corrected chi connectivity index (χ4v) is 3.62. The Bertz CT molecular complexity index is 1340. The van der Waals surface area contributed by atoms with E-state index in [9.17, 15) is 5.11 Å². The zero-order chi connectivity index (χ0) is 24.2. The molecule has 0 aliphatic rings. The molecule has 34 heavy (non-hydrogen) atoms. The number of aromatic hydroxyl groups is 1. The summed E-state index contributed by atoms with van der Waals surface area (Å²) < 4.78 is 17.5. The molecule has 0 radical (unpaired) electrons. The first kappa shape index (κ1) is 22.9. The van der Waals surface area contributed by atoms with Crippen molar-refractivity contribution in [1.82, 2.24) is 9.97 Å². The van der Waals surface area contributed by atoms with E-state index in [0.717, 1.165) is 11.1 Å². The highest BCUT2D eigenvalue weighted by Crippen LogP contribution is 2.41. The van der Waals surface area contributed by atoms with Gasteiger partial charge in [0.2, 0.25) is 5.95 Å². The summed E-state index contributed by atoms with van der Waals surface area (Å²) in [6.07, 6.45) is 0. The Kier molecular flexibility index (Phi) is 6.54. The lowest BCUT2D eigenvalue weighted by Gasteiger charge is -2.16. The molecular weight excluding hydrogens is 430 g/mol. The Morgan fingerprint density at radius 3 is 2.41 bits per heavy atom. The van der Waals surface area contributed by atoms with Gasteiger partial charge >= 0.3 is 0 Å². The molecule has 0 aliphatic carbocycles. The van der Waals surface area contributed by atoms with E-state index in [4.69, 9.17) is 19.9 Å². The van der Waals surface area contributed by atoms with Crippen molar-refractivity contribution < 1.29 is 19.3 Å². The van der Waals surface area contributed by atoms with Gasteiger partial charge < -0.3 is 25.1 Å². The molecule has 0 bridgehead atoms. The van der Waals surface area contributed by atoms with E-state index in [1.54, 1.807) is 44.4 Å². The number of anilines is 1. The van der Waals surface area contributed by atoms with Crippen molar-refractivity contribution in [3.05, 3.63) is 83.0 Å². The van der Waals surface area contributed by atoms with Crippen LogP contribution in [0.25, 0.3) is 11.3 Å². The maximum absolute atomic E-state index is 10.9. The summed E-state index contributed by atoms with van der Waals surface area (Å²) in [6, 6.07) is 18.6. The van der Waals surface area contributed by atoms with Gasteiger partial charge in [-0.25, -0.2) is 9.97 Å². The molecular formula is C27H27N3O4. The number of ether oxygens (including phenoxy) is 3. The Morgan fingerprint density at radius 2 is 1.68 bits per heavy atom. The molecule has 1 heterocycles. The Labute approximate surface area is 198 Å². The number of phenols is 1. The molecule has 0 amide bonds. The number of phenolic OH excluding ortho intramolecular Hbond substituents is 1. The van der Waals surface area contributed by atoms with E-state index in [2.05, 4.69) is 28.2 Å². The average Bonchev–Trinajstić information content (AvgIpc) is 2.81. The van der Waals surface area contributed by atoms with Gasteiger partial charge in [0.05, 0.1) is 12.8 Å². The van der Waals surface area contributed by atoms with Crippen LogP contribution >= 0.6 is 0 Å². The molecule has 3 aromatic carbocycles. The number of para-hydroxylation sites is 2. The predicted molar refractivity (Wildman–Crippen MR) is 132 cm³/mol. The van der Waals surface area contributed by atoms with Crippen molar-refractivity contribution >= 4 is 5.95 Å². The normalized spacial score (nSPS) is 10.7. The van der Waals surface area contributed by atoms with Gasteiger partial charge in [-0.15, -0.1) is 0 Å². The number of aromatic nitrogens is 2. The number of hydrogen-bond acceptors (Lipinski definition) is 7. The van der Waals surface area contributed by atoms with Gasteiger partial charge in [0, 0.05) is 11.6 Å². The van der Waals surface area contributed by atoms with Crippen molar-refractivity contribution in [2.45, 2.75) is 27.4 Å². The molecule has 0 saturated heterocycles. The number of nitrogens with zero attached hydrogens (tertiary/aromatic N) is 2. The highest BCUT2D eigenvalue weighted by Gasteiger charge is 2.20. The summed E-state index contributed by atoms with van der Waals surface area (Å²) in [7, 11) is 1.57. The second kappa shape index (κ2) is 9.70. The number of hydrogen-bond donors (Lipinski definition) is 2. The van der Waals surface area contributed by atoms with Gasteiger partial charge in [-0.1, -0.05) is 35.9 Å². The lowest BCUT2D eigenvalue weighted by atomic mass is 10.1. The van der Waals surface area contributed by atoms with Crippen LogP contribution in [0.1, 0.15) is 22.4 Å². The third-order valence-corrected chi connectivity index (χ3v) is 5.46. The minimum absolute atomic E-state index is 0.0131. The quantitative estimate of drug-likeness (QED) is 0.365. The summed E-state index contributed by atoms with van der Waals surface area (Å²) in [6.45, 7) is 6.26. The molecule has 0 unspecified atom stereocenters. The number of rotatable bonds is 7. The average molecular weight is 458 g/mol. The lowest BCUT2D eigenvalue weighted by Crippen LogP contribution is -2.03. The van der Waals surface area contributed by atoms with Crippen molar-refractivity contribution in [2.75, 3.05) is 12.8 Å². The van der Waals surface area contributed by atoms with Gasteiger partial charge in [-0.3, -0.25) is 0 Å². The largest absolute Gasteiger partial charge is 0.507 e. The van der Waals surface area contributed by atoms with Crippen LogP contribution in [0.4, 0.5) is 5.95 Å². The smallest absolute Gasteiger partial charge is 0.221 e. The van der Waals surface area contributed by atoms with Crippen molar-refractivity contribution in [3.8, 4) is 40.0 Å². The van der Waals surface area contributed by atoms with Crippen LogP contribution in [-0.4, -0.2) is 22.2 Å². The number of nitrogen functional groups attached to an aromatic ring is 1. The molecule has 7 heteroatoms. The van der Waals surface area contributed by atoms with Crippen LogP contribution in [-0.2, 0) is 6.61 Å². The number of nitrogens with two attached hydrogens (primary N) is 1. The van der Waals surface area contributed by atoms with Crippen LogP contribution in [0, 0.1) is 20.8 Å². The van der Waals surface area contributed by atoms with E-state index in [1.165, 1.54) is 5.56 Å². The fraction of sp³-hybridized carbons (Fsp3) is 0.185. The standard InChI is InChI=1S/C27H27N3O4/c1-16-9-10-17(2)19(13-16)15-33-20-11-12-21(22(31)14-20)25-26(18(3)29-27(28)30-25)34-24-8-6-5-7-23(24)32-4/h5-14,31H,15H2,1-4H3,(H2,28,29,30). The Balaban J connectivity index is 1.66. The Morgan fingerprint density at radius 1 is 0.912 bits per heavy atom. The van der Waals surface area contributed by atoms with Crippen molar-refractivity contribution in [2.24, 2.45) is 0 Å². The second-order valence-corrected chi connectivity index (χ2v) is 8.00. The SMILES string of the molecule is COc1ccccc1Oc1c(C)nc(N)nc1-c1ccc(OCc2cc(C)ccc2C)cc1O. The zero-order valence-corrected chi connectivity index (χ0v) is 19.6. The number of benzene rings is 3. The molecule has 4 aromatic rings. The zero-order valence-electron chi connectivity index (χ0n) is 19.6. The van der Waals surface area contributed by atoms with E-state index in [1.807, 2.05) is 26.0 Å². The molecule has 1 aromatic heterocycles. The summed E-state index contributed by atoms with van der Waals surface area (Å²) in [5.74, 6) is 2.03. The molecule has 4 rings (SSSR count). The first-order chi connectivity index (χ1) is 16.4. The van der Waals surface area contributed by atoms with Crippen molar-refractivity contribution in [3.63, 3.8) is 0 Å². The molecule has 7 nitrogen and oxygen atoms in total. The fourth-order valence-electron chi connectivity index (χ4n) is 3.62. The molecule has 0 spiro atoms. The number of aryl methyl sites for hydroxylation is 3. The molecule has 0 atom stereocenters. The van der Waals surface area contributed by atoms with Crippen molar-refractivity contribution in [1.29, 1.82) is 0 Å². The molecule has 0 saturated carbocycles. The summed E-state index contributed by atoms with van der Waals surface area (Å²) in [4.78, 5) is 8.59. The van der Waals surface area contributed by atoms with Crippen LogP contribution < -0.4 is 19.9 Å². The van der Waals surface area contributed by atoms with E-state index >= 15 is 0 Å². The minimum Gasteiger partial charge on any atom is -0.507 e. The van der Waals surface area contributed by atoms with Gasteiger partial charge in [0.15, 0.2) is 17.2 Å². The van der Waals surface area contributed by atoms with Crippen LogP contribution in [0.2, 0.25) is 0 Å². The highest BCUT2D eigenvalue weighted by molar-refractivity contribution is 5.75. The van der Waals surface area contributed by atoms with Crippen LogP contribution in [0.15, 0.2) is 60.7 Å². The van der Waals surface area contributed by atoms with Crippen LogP contribution in [0.5, 0.6) is 28.7 Å². The third kappa shape index (κ3) is 4.88. The molecule has 0 fully saturated rings. The van der Waals surface area contributed by atoms with Crippen LogP contribution in [0.3, 0.4) is 0 Å². The summed E-state index contributed by atoms with van der Waals surface area (Å²) in [5, 5.41) is 10.9. The first-order valence-electron chi connectivity index (χ1n) is 10.8. The maximum atomic E-state index is 10.9. The van der Waals surface area contributed by atoms with Gasteiger partial charge in [0.25, 0.3) is 0 Å². The molecule has 0 aliphatic heterocycles.